The molecule has 0 radical (unpaired) electrons. The lowest BCUT2D eigenvalue weighted by molar-refractivity contribution is 0.102. The maximum atomic E-state index is 12.7. The molecule has 1 aromatic carbocycles. The summed E-state index contributed by atoms with van der Waals surface area (Å²) in [5.74, 6) is 1.40. The molecule has 5 rings (SSSR count). The number of halogens is 1. The van der Waals surface area contributed by atoms with E-state index in [2.05, 4.69) is 25.6 Å². The van der Waals surface area contributed by atoms with E-state index in [4.69, 9.17) is 14.6 Å². The van der Waals surface area contributed by atoms with Gasteiger partial charge in [0.1, 0.15) is 5.75 Å². The minimum Gasteiger partial charge on any atom is -0.424 e. The molecule has 1 atom stereocenters. The number of carbonyl (C=O) groups excluding carboxylic acids is 1. The Kier molecular flexibility index (Phi) is 8.28. The fraction of sp³-hybridized carbons (Fsp3) is 0.385. The third kappa shape index (κ3) is 6.51. The van der Waals surface area contributed by atoms with E-state index in [0.717, 1.165) is 34.2 Å². The van der Waals surface area contributed by atoms with E-state index in [1.165, 1.54) is 37.0 Å². The number of amides is 1. The van der Waals surface area contributed by atoms with Crippen LogP contribution in [0.1, 0.15) is 55.8 Å². The number of rotatable bonds is 12. The first-order valence-corrected chi connectivity index (χ1v) is 16.1. The van der Waals surface area contributed by atoms with Crippen LogP contribution in [0.3, 0.4) is 0 Å². The van der Waals surface area contributed by atoms with Gasteiger partial charge in [-0.3, -0.25) is 4.79 Å². The molecule has 2 N–H and O–H groups in total. The quantitative estimate of drug-likeness (QED) is 0.128. The zero-order valence-electron chi connectivity index (χ0n) is 21.0. The summed E-state index contributed by atoms with van der Waals surface area (Å²) in [6.07, 6.45) is 8.24. The van der Waals surface area contributed by atoms with Gasteiger partial charge < -0.3 is 14.7 Å². The van der Waals surface area contributed by atoms with Gasteiger partial charge in [0.25, 0.3) is 5.91 Å². The number of benzene rings is 1. The smallest absolute Gasteiger partial charge is 0.376 e. The van der Waals surface area contributed by atoms with Gasteiger partial charge in [0, 0.05) is 22.0 Å². The fourth-order valence-electron chi connectivity index (χ4n) is 4.29. The Morgan fingerprint density at radius 1 is 1.29 bits per heavy atom. The third-order valence-corrected chi connectivity index (χ3v) is 9.11. The molecule has 1 saturated carbocycles. The van der Waals surface area contributed by atoms with Crippen LogP contribution in [-0.4, -0.2) is 36.1 Å². The molecule has 1 unspecified atom stereocenters. The highest BCUT2D eigenvalue weighted by Crippen LogP contribution is 2.43. The van der Waals surface area contributed by atoms with Crippen LogP contribution in [0.25, 0.3) is 22.3 Å². The average molecular weight is 618 g/mol. The molecule has 1 fully saturated rings. The summed E-state index contributed by atoms with van der Waals surface area (Å²) in [5.41, 5.74) is 2.67. The zero-order chi connectivity index (χ0) is 26.7. The number of carbonyl (C=O) groups is 1. The van der Waals surface area contributed by atoms with Gasteiger partial charge in [0.15, 0.2) is 11.5 Å². The lowest BCUT2D eigenvalue weighted by Gasteiger charge is -2.13. The Bertz CT molecular complexity index is 1470. The molecule has 0 spiro atoms. The highest BCUT2D eigenvalue weighted by atomic mass is 79.9. The van der Waals surface area contributed by atoms with E-state index in [-0.39, 0.29) is 12.1 Å². The van der Waals surface area contributed by atoms with Gasteiger partial charge in [-0.1, -0.05) is 32.6 Å². The van der Waals surface area contributed by atoms with Gasteiger partial charge >= 0.3 is 7.60 Å². The first-order valence-electron chi connectivity index (χ1n) is 12.7. The Morgan fingerprint density at radius 3 is 2.76 bits per heavy atom. The molecule has 0 bridgehead atoms. The minimum atomic E-state index is -3.67. The minimum absolute atomic E-state index is 0.102. The average Bonchev–Trinajstić information content (AvgIpc) is 3.42. The van der Waals surface area contributed by atoms with Gasteiger partial charge in [0.2, 0.25) is 0 Å². The molecule has 4 aromatic rings. The number of anilines is 1. The number of hydrogen-bond donors (Lipinski definition) is 2. The third-order valence-electron chi connectivity index (χ3n) is 6.41. The van der Waals surface area contributed by atoms with Crippen LogP contribution in [-0.2, 0) is 11.1 Å². The van der Waals surface area contributed by atoms with Crippen LogP contribution in [0.2, 0.25) is 0 Å². The fourth-order valence-corrected chi connectivity index (χ4v) is 6.46. The molecule has 9 nitrogen and oxygen atoms in total. The van der Waals surface area contributed by atoms with Crippen LogP contribution < -0.4 is 9.84 Å². The molecule has 1 aliphatic carbocycles. The molecule has 3 heterocycles. The SMILES string of the molecule is CCCP(=O)(O)Oc1ccc(-c2nc3c(cc2Br)c(NC(=O)c2cnsc2)nn3CCCCC2CC2)cc1. The summed E-state index contributed by atoms with van der Waals surface area (Å²) in [5, 5.41) is 10.1. The molecule has 12 heteroatoms. The van der Waals surface area contributed by atoms with Crippen molar-refractivity contribution in [2.45, 2.75) is 52.0 Å². The molecule has 38 heavy (non-hydrogen) atoms. The summed E-state index contributed by atoms with van der Waals surface area (Å²) < 4.78 is 24.1. The van der Waals surface area contributed by atoms with Crippen LogP contribution in [0.5, 0.6) is 5.75 Å². The van der Waals surface area contributed by atoms with Crippen molar-refractivity contribution in [3.05, 3.63) is 51.9 Å². The first-order chi connectivity index (χ1) is 18.3. The van der Waals surface area contributed by atoms with E-state index in [0.29, 0.717) is 41.4 Å². The van der Waals surface area contributed by atoms with E-state index in [9.17, 15) is 14.3 Å². The zero-order valence-corrected chi connectivity index (χ0v) is 24.3. The number of nitrogens with zero attached hydrogens (tertiary/aromatic N) is 4. The van der Waals surface area contributed by atoms with Crippen LogP contribution >= 0.6 is 35.1 Å². The van der Waals surface area contributed by atoms with E-state index >= 15 is 0 Å². The van der Waals surface area contributed by atoms with Crippen molar-refractivity contribution in [1.29, 1.82) is 0 Å². The Hall–Kier alpha value is -2.59. The monoisotopic (exact) mass is 617 g/mol. The lowest BCUT2D eigenvalue weighted by Crippen LogP contribution is -2.12. The second-order valence-electron chi connectivity index (χ2n) is 9.54. The van der Waals surface area contributed by atoms with E-state index in [1.807, 2.05) is 29.8 Å². The Morgan fingerprint density at radius 2 is 2.08 bits per heavy atom. The van der Waals surface area contributed by atoms with Crippen LogP contribution in [0.4, 0.5) is 5.82 Å². The van der Waals surface area contributed by atoms with Crippen LogP contribution in [0, 0.1) is 5.92 Å². The second-order valence-corrected chi connectivity index (χ2v) is 13.0. The number of fused-ring (bicyclic) bond motifs is 1. The summed E-state index contributed by atoms with van der Waals surface area (Å²) in [4.78, 5) is 27.6. The highest BCUT2D eigenvalue weighted by molar-refractivity contribution is 9.10. The maximum Gasteiger partial charge on any atom is 0.376 e. The summed E-state index contributed by atoms with van der Waals surface area (Å²) in [6.45, 7) is 2.53. The number of aromatic nitrogens is 4. The molecule has 1 amide bonds. The molecular weight excluding hydrogens is 589 g/mol. The van der Waals surface area contributed by atoms with Crippen molar-refractivity contribution in [2.75, 3.05) is 11.5 Å². The van der Waals surface area contributed by atoms with Gasteiger partial charge in [-0.25, -0.2) is 18.6 Å². The molecular formula is C26H29BrN5O4PS. The van der Waals surface area contributed by atoms with Gasteiger partial charge in [-0.2, -0.15) is 5.10 Å². The molecule has 0 aliphatic heterocycles. The Balaban J connectivity index is 1.44. The van der Waals surface area contributed by atoms with Gasteiger partial charge in [-0.05, 0) is 76.6 Å². The summed E-state index contributed by atoms with van der Waals surface area (Å²) >= 11 is 4.86. The standard InChI is InChI=1S/C26H29BrN5O4PS/c1-2-13-37(34,35)36-20-10-8-18(9-11-20)23-22(27)14-21-24(30-26(33)19-15-28-38-16-19)31-32(25(21)29-23)12-4-3-5-17-6-7-17/h8-11,14-17H,2-7,12-13H2,1H3,(H,34,35)(H,30,31,33). The number of aryl methyl sites for hydroxylation is 1. The molecule has 3 aromatic heterocycles. The van der Waals surface area contributed by atoms with Crippen molar-refractivity contribution in [3.8, 4) is 17.0 Å². The first kappa shape index (κ1) is 27.0. The van der Waals surface area contributed by atoms with E-state index < -0.39 is 7.60 Å². The number of unbranched alkanes of at least 4 members (excludes halogenated alkanes) is 1. The van der Waals surface area contributed by atoms with Crippen molar-refractivity contribution in [3.63, 3.8) is 0 Å². The lowest BCUT2D eigenvalue weighted by atomic mass is 10.1. The number of nitrogens with one attached hydrogen (secondary N) is 1. The normalized spacial score (nSPS) is 14.9. The maximum absolute atomic E-state index is 12.7. The summed E-state index contributed by atoms with van der Waals surface area (Å²) in [7, 11) is -3.67. The van der Waals surface area contributed by atoms with Crippen LogP contribution in [0.15, 0.2) is 46.4 Å². The number of pyridine rings is 1. The highest BCUT2D eigenvalue weighted by Gasteiger charge is 2.22. The van der Waals surface area contributed by atoms with Crippen molar-refractivity contribution >= 4 is 57.8 Å². The molecule has 200 valence electrons. The largest absolute Gasteiger partial charge is 0.424 e. The summed E-state index contributed by atoms with van der Waals surface area (Å²) in [6, 6.07) is 8.87. The molecule has 1 aliphatic rings. The Labute approximate surface area is 233 Å². The predicted molar refractivity (Wildman–Crippen MR) is 153 cm³/mol. The number of hydrogen-bond acceptors (Lipinski definition) is 7. The van der Waals surface area contributed by atoms with Crippen molar-refractivity contribution in [1.82, 2.24) is 19.1 Å². The predicted octanol–water partition coefficient (Wildman–Crippen LogP) is 7.12. The van der Waals surface area contributed by atoms with Crippen molar-refractivity contribution in [2.24, 2.45) is 5.92 Å². The van der Waals surface area contributed by atoms with E-state index in [1.54, 1.807) is 17.5 Å². The second kappa shape index (κ2) is 11.7. The topological polar surface area (TPSA) is 119 Å². The van der Waals surface area contributed by atoms with Crippen molar-refractivity contribution < 1.29 is 18.8 Å². The van der Waals surface area contributed by atoms with Gasteiger partial charge in [0.05, 0.1) is 29.0 Å². The van der Waals surface area contributed by atoms with Gasteiger partial charge in [-0.15, -0.1) is 0 Å². The molecule has 0 saturated heterocycles.